The van der Waals surface area contributed by atoms with Crippen LogP contribution in [0.4, 0.5) is 0 Å². The summed E-state index contributed by atoms with van der Waals surface area (Å²) >= 11 is 0. The van der Waals surface area contributed by atoms with E-state index in [1.165, 1.54) is 24.8 Å². The van der Waals surface area contributed by atoms with Crippen LogP contribution < -0.4 is 10.5 Å². The molecule has 1 fully saturated rings. The molecule has 2 rings (SSSR count). The molecule has 2 nitrogen and oxygen atoms in total. The van der Waals surface area contributed by atoms with Crippen LogP contribution in [0, 0.1) is 5.92 Å². The normalized spacial score (nSPS) is 18.3. The molecule has 0 unspecified atom stereocenters. The minimum absolute atomic E-state index is 0.194. The molecule has 0 amide bonds. The first-order chi connectivity index (χ1) is 7.31. The number of rotatable bonds is 4. The van der Waals surface area contributed by atoms with Crippen molar-refractivity contribution in [3.05, 3.63) is 29.8 Å². The maximum atomic E-state index is 6.21. The maximum Gasteiger partial charge on any atom is 0.119 e. The van der Waals surface area contributed by atoms with Crippen LogP contribution in [0.3, 0.4) is 0 Å². The van der Waals surface area contributed by atoms with Gasteiger partial charge in [0, 0.05) is 6.04 Å². The Hall–Kier alpha value is -1.02. The van der Waals surface area contributed by atoms with Crippen molar-refractivity contribution in [2.45, 2.75) is 32.2 Å². The Morgan fingerprint density at radius 3 is 2.87 bits per heavy atom. The van der Waals surface area contributed by atoms with E-state index in [-0.39, 0.29) is 6.04 Å². The van der Waals surface area contributed by atoms with Gasteiger partial charge >= 0.3 is 0 Å². The molecule has 2 heteroatoms. The predicted molar refractivity (Wildman–Crippen MR) is 61.9 cm³/mol. The molecule has 1 aliphatic carbocycles. The van der Waals surface area contributed by atoms with E-state index in [0.29, 0.717) is 12.5 Å². The Balaban J connectivity index is 2.09. The summed E-state index contributed by atoms with van der Waals surface area (Å²) in [5.74, 6) is 1.62. The van der Waals surface area contributed by atoms with Crippen LogP contribution in [0.1, 0.15) is 37.8 Å². The van der Waals surface area contributed by atoms with Crippen molar-refractivity contribution in [1.82, 2.24) is 0 Å². The highest BCUT2D eigenvalue weighted by Crippen LogP contribution is 2.36. The average molecular weight is 205 g/mol. The molecule has 0 spiro atoms. The van der Waals surface area contributed by atoms with Crippen LogP contribution in [0.15, 0.2) is 24.3 Å². The number of hydrogen-bond acceptors (Lipinski definition) is 2. The Morgan fingerprint density at radius 1 is 1.47 bits per heavy atom. The van der Waals surface area contributed by atoms with Crippen LogP contribution in [0.5, 0.6) is 5.75 Å². The predicted octanol–water partition coefficient (Wildman–Crippen LogP) is 2.89. The monoisotopic (exact) mass is 205 g/mol. The first-order valence-corrected chi connectivity index (χ1v) is 5.79. The largest absolute Gasteiger partial charge is 0.494 e. The molecule has 1 aliphatic rings. The summed E-state index contributed by atoms with van der Waals surface area (Å²) in [5.41, 5.74) is 7.42. The molecule has 1 aromatic rings. The van der Waals surface area contributed by atoms with Crippen molar-refractivity contribution in [2.24, 2.45) is 11.7 Å². The maximum absolute atomic E-state index is 6.21. The van der Waals surface area contributed by atoms with Gasteiger partial charge in [-0.2, -0.15) is 0 Å². The van der Waals surface area contributed by atoms with E-state index < -0.39 is 0 Å². The highest BCUT2D eigenvalue weighted by atomic mass is 16.5. The van der Waals surface area contributed by atoms with Gasteiger partial charge in [-0.15, -0.1) is 0 Å². The Bertz CT molecular complexity index is 320. The van der Waals surface area contributed by atoms with Crippen LogP contribution >= 0.6 is 0 Å². The second-order valence-electron chi connectivity index (χ2n) is 4.22. The summed E-state index contributed by atoms with van der Waals surface area (Å²) in [4.78, 5) is 0. The van der Waals surface area contributed by atoms with Crippen LogP contribution in [0.2, 0.25) is 0 Å². The molecule has 0 radical (unpaired) electrons. The SMILES string of the molecule is CCOc1cccc([C@H](N)C2CCC2)c1. The van der Waals surface area contributed by atoms with Crippen LogP contribution in [-0.2, 0) is 0 Å². The lowest BCUT2D eigenvalue weighted by atomic mass is 9.77. The summed E-state index contributed by atoms with van der Waals surface area (Å²) in [7, 11) is 0. The first-order valence-electron chi connectivity index (χ1n) is 5.79. The summed E-state index contributed by atoms with van der Waals surface area (Å²) in [6.45, 7) is 2.71. The van der Waals surface area contributed by atoms with Gasteiger partial charge in [0.25, 0.3) is 0 Å². The van der Waals surface area contributed by atoms with Gasteiger partial charge in [-0.05, 0) is 43.4 Å². The molecule has 0 saturated heterocycles. The zero-order valence-corrected chi connectivity index (χ0v) is 9.28. The lowest BCUT2D eigenvalue weighted by Gasteiger charge is -2.31. The summed E-state index contributed by atoms with van der Waals surface area (Å²) in [6.07, 6.45) is 3.89. The number of hydrogen-bond donors (Lipinski definition) is 1. The standard InChI is InChI=1S/C13H19NO/c1-2-15-12-8-4-7-11(9-12)13(14)10-5-3-6-10/h4,7-10,13H,2-3,5-6,14H2,1H3/t13-/m1/s1. The van der Waals surface area contributed by atoms with Crippen molar-refractivity contribution in [2.75, 3.05) is 6.61 Å². The Morgan fingerprint density at radius 2 is 2.27 bits per heavy atom. The third-order valence-corrected chi connectivity index (χ3v) is 3.21. The van der Waals surface area contributed by atoms with E-state index in [0.717, 1.165) is 5.75 Å². The van der Waals surface area contributed by atoms with Crippen molar-refractivity contribution in [3.63, 3.8) is 0 Å². The second kappa shape index (κ2) is 4.67. The molecule has 0 heterocycles. The fraction of sp³-hybridized carbons (Fsp3) is 0.538. The van der Waals surface area contributed by atoms with E-state index in [2.05, 4.69) is 12.1 Å². The van der Waals surface area contributed by atoms with E-state index in [9.17, 15) is 0 Å². The molecule has 0 bridgehead atoms. The van der Waals surface area contributed by atoms with Gasteiger partial charge in [0.2, 0.25) is 0 Å². The van der Waals surface area contributed by atoms with Gasteiger partial charge in [0.05, 0.1) is 6.61 Å². The third-order valence-electron chi connectivity index (χ3n) is 3.21. The molecule has 2 N–H and O–H groups in total. The number of nitrogens with two attached hydrogens (primary N) is 1. The van der Waals surface area contributed by atoms with Crippen molar-refractivity contribution in [3.8, 4) is 5.75 Å². The van der Waals surface area contributed by atoms with Gasteiger partial charge in [-0.1, -0.05) is 18.6 Å². The van der Waals surface area contributed by atoms with E-state index in [1.807, 2.05) is 19.1 Å². The van der Waals surface area contributed by atoms with Crippen molar-refractivity contribution in [1.29, 1.82) is 0 Å². The zero-order chi connectivity index (χ0) is 10.7. The van der Waals surface area contributed by atoms with E-state index in [1.54, 1.807) is 0 Å². The number of benzene rings is 1. The van der Waals surface area contributed by atoms with E-state index in [4.69, 9.17) is 10.5 Å². The van der Waals surface area contributed by atoms with Crippen molar-refractivity contribution < 1.29 is 4.74 Å². The van der Waals surface area contributed by atoms with Gasteiger partial charge in [-0.25, -0.2) is 0 Å². The van der Waals surface area contributed by atoms with Gasteiger partial charge in [0.15, 0.2) is 0 Å². The summed E-state index contributed by atoms with van der Waals surface area (Å²) < 4.78 is 5.47. The van der Waals surface area contributed by atoms with Crippen LogP contribution in [-0.4, -0.2) is 6.61 Å². The Kier molecular flexibility index (Phi) is 3.27. The summed E-state index contributed by atoms with van der Waals surface area (Å²) in [5, 5.41) is 0. The van der Waals surface area contributed by atoms with Gasteiger partial charge in [0.1, 0.15) is 5.75 Å². The van der Waals surface area contributed by atoms with Crippen LogP contribution in [0.25, 0.3) is 0 Å². The van der Waals surface area contributed by atoms with E-state index >= 15 is 0 Å². The first kappa shape index (κ1) is 10.5. The smallest absolute Gasteiger partial charge is 0.119 e. The molecule has 1 atom stereocenters. The highest BCUT2D eigenvalue weighted by Gasteiger charge is 2.25. The van der Waals surface area contributed by atoms with Gasteiger partial charge < -0.3 is 10.5 Å². The lowest BCUT2D eigenvalue weighted by molar-refractivity contribution is 0.263. The van der Waals surface area contributed by atoms with Crippen molar-refractivity contribution >= 4 is 0 Å². The highest BCUT2D eigenvalue weighted by molar-refractivity contribution is 5.31. The molecular formula is C13H19NO. The fourth-order valence-electron chi connectivity index (χ4n) is 2.05. The minimum atomic E-state index is 0.194. The molecule has 15 heavy (non-hydrogen) atoms. The Labute approximate surface area is 91.4 Å². The molecule has 82 valence electrons. The second-order valence-corrected chi connectivity index (χ2v) is 4.22. The number of ether oxygens (including phenoxy) is 1. The molecule has 0 aliphatic heterocycles. The third kappa shape index (κ3) is 2.32. The zero-order valence-electron chi connectivity index (χ0n) is 9.28. The van der Waals surface area contributed by atoms with Gasteiger partial charge in [-0.3, -0.25) is 0 Å². The molecule has 1 saturated carbocycles. The quantitative estimate of drug-likeness (QED) is 0.820. The minimum Gasteiger partial charge on any atom is -0.494 e. The summed E-state index contributed by atoms with van der Waals surface area (Å²) in [6, 6.07) is 8.39. The molecule has 1 aromatic carbocycles. The lowest BCUT2D eigenvalue weighted by Crippen LogP contribution is -2.26. The average Bonchev–Trinajstić information content (AvgIpc) is 2.16. The molecular weight excluding hydrogens is 186 g/mol. The molecule has 0 aromatic heterocycles. The topological polar surface area (TPSA) is 35.2 Å². The fourth-order valence-corrected chi connectivity index (χ4v) is 2.05.